The van der Waals surface area contributed by atoms with Crippen molar-refractivity contribution in [3.63, 3.8) is 0 Å². The number of amides is 1. The number of esters is 1. The van der Waals surface area contributed by atoms with E-state index >= 15 is 0 Å². The molecule has 0 aliphatic heterocycles. The molecule has 3 rings (SSSR count). The number of hydrazine groups is 1. The predicted octanol–water partition coefficient (Wildman–Crippen LogP) is 3.79. The molecule has 0 aliphatic rings. The summed E-state index contributed by atoms with van der Waals surface area (Å²) in [6.45, 7) is 2.44. The highest BCUT2D eigenvalue weighted by Gasteiger charge is 2.23. The molecule has 0 radical (unpaired) electrons. The van der Waals surface area contributed by atoms with Crippen molar-refractivity contribution >= 4 is 22.8 Å². The Bertz CT molecular complexity index is 1120. The number of nitrogens with zero attached hydrogens (tertiary/aromatic N) is 1. The summed E-state index contributed by atoms with van der Waals surface area (Å²) in [5.41, 5.74) is 7.66. The summed E-state index contributed by atoms with van der Waals surface area (Å²) in [6, 6.07) is 9.51. The summed E-state index contributed by atoms with van der Waals surface area (Å²) >= 11 is 0. The summed E-state index contributed by atoms with van der Waals surface area (Å²) in [5.74, 6) is -1.06. The van der Waals surface area contributed by atoms with E-state index in [2.05, 4.69) is 15.8 Å². The Labute approximate surface area is 185 Å². The van der Waals surface area contributed by atoms with Crippen LogP contribution in [0.5, 0.6) is 5.75 Å². The van der Waals surface area contributed by atoms with Crippen molar-refractivity contribution < 1.29 is 23.5 Å². The summed E-state index contributed by atoms with van der Waals surface area (Å²) < 4.78 is 24.1. The maximum absolute atomic E-state index is 13.2. The number of hydrogen-bond donors (Lipinski definition) is 2. The first-order valence-electron chi connectivity index (χ1n) is 10.4. The molecule has 1 amide bonds. The fourth-order valence-corrected chi connectivity index (χ4v) is 3.34. The van der Waals surface area contributed by atoms with Gasteiger partial charge in [0.2, 0.25) is 0 Å². The molecule has 0 bridgehead atoms. The Morgan fingerprint density at radius 3 is 2.50 bits per heavy atom. The van der Waals surface area contributed by atoms with Crippen LogP contribution in [-0.4, -0.2) is 37.6 Å². The highest BCUT2D eigenvalue weighted by atomic mass is 19.1. The average Bonchev–Trinajstić information content (AvgIpc) is 2.80. The number of carbonyl (C=O) groups is 2. The minimum atomic E-state index is -0.617. The minimum absolute atomic E-state index is 0.135. The molecular formula is C24H26FN3O4. The number of carbonyl (C=O) groups excluding carboxylic acids is 2. The molecule has 2 N–H and O–H groups in total. The molecule has 1 aromatic heterocycles. The highest BCUT2D eigenvalue weighted by molar-refractivity contribution is 6.11. The van der Waals surface area contributed by atoms with Gasteiger partial charge in [0, 0.05) is 18.6 Å². The van der Waals surface area contributed by atoms with Crippen molar-refractivity contribution in [2.24, 2.45) is 0 Å². The number of ether oxygens (including phenoxy) is 2. The molecule has 0 saturated carbocycles. The molecule has 32 heavy (non-hydrogen) atoms. The van der Waals surface area contributed by atoms with E-state index < -0.39 is 11.9 Å². The van der Waals surface area contributed by atoms with Crippen LogP contribution in [0.4, 0.5) is 4.39 Å². The van der Waals surface area contributed by atoms with Crippen LogP contribution in [0.15, 0.2) is 42.6 Å². The molecule has 8 heteroatoms. The summed E-state index contributed by atoms with van der Waals surface area (Å²) in [6.07, 6.45) is 3.89. The molecule has 0 spiro atoms. The number of fused-ring (bicyclic) bond motifs is 1. The number of hydrogen-bond acceptors (Lipinski definition) is 6. The van der Waals surface area contributed by atoms with E-state index in [9.17, 15) is 14.0 Å². The largest absolute Gasteiger partial charge is 0.490 e. The Morgan fingerprint density at radius 1 is 1.09 bits per heavy atom. The zero-order valence-corrected chi connectivity index (χ0v) is 18.3. The summed E-state index contributed by atoms with van der Waals surface area (Å²) in [7, 11) is 2.84. The lowest BCUT2D eigenvalue weighted by atomic mass is 9.98. The van der Waals surface area contributed by atoms with E-state index in [0.29, 0.717) is 23.9 Å². The number of benzene rings is 2. The Hall–Kier alpha value is -3.52. The fraction of sp³-hybridized carbons (Fsp3) is 0.292. The smallest absolute Gasteiger partial charge is 0.341 e. The zero-order chi connectivity index (χ0) is 23.1. The molecule has 0 fully saturated rings. The maximum Gasteiger partial charge on any atom is 0.341 e. The van der Waals surface area contributed by atoms with Gasteiger partial charge in [-0.15, -0.1) is 0 Å². The lowest BCUT2D eigenvalue weighted by molar-refractivity contribution is 0.0596. The van der Waals surface area contributed by atoms with Gasteiger partial charge in [0.05, 0.1) is 19.3 Å². The number of aromatic nitrogens is 1. The SMILES string of the molecule is CCCCOc1c(C(=O)OC)cc(C(=O)NNC)c2cc(Cc3ccc(F)cc3)cnc12. The number of halogens is 1. The highest BCUT2D eigenvalue weighted by Crippen LogP contribution is 2.33. The van der Waals surface area contributed by atoms with Crippen molar-refractivity contribution in [3.05, 3.63) is 70.7 Å². The van der Waals surface area contributed by atoms with Gasteiger partial charge in [0.15, 0.2) is 5.75 Å². The van der Waals surface area contributed by atoms with E-state index in [0.717, 1.165) is 24.0 Å². The first kappa shape index (κ1) is 23.1. The van der Waals surface area contributed by atoms with Gasteiger partial charge in [0.1, 0.15) is 16.9 Å². The van der Waals surface area contributed by atoms with Crippen LogP contribution >= 0.6 is 0 Å². The molecule has 168 valence electrons. The van der Waals surface area contributed by atoms with E-state index in [1.54, 1.807) is 25.4 Å². The van der Waals surface area contributed by atoms with E-state index in [4.69, 9.17) is 9.47 Å². The van der Waals surface area contributed by atoms with Crippen LogP contribution < -0.4 is 15.6 Å². The first-order valence-corrected chi connectivity index (χ1v) is 10.4. The van der Waals surface area contributed by atoms with Crippen LogP contribution in [0.25, 0.3) is 10.9 Å². The molecule has 0 atom stereocenters. The van der Waals surface area contributed by atoms with Crippen molar-refractivity contribution in [2.75, 3.05) is 20.8 Å². The van der Waals surface area contributed by atoms with Crippen molar-refractivity contribution in [2.45, 2.75) is 26.2 Å². The van der Waals surface area contributed by atoms with Crippen LogP contribution in [0.2, 0.25) is 0 Å². The lowest BCUT2D eigenvalue weighted by Gasteiger charge is -2.16. The second kappa shape index (κ2) is 10.7. The maximum atomic E-state index is 13.2. The first-order chi connectivity index (χ1) is 15.5. The number of nitrogens with one attached hydrogen (secondary N) is 2. The van der Waals surface area contributed by atoms with Crippen LogP contribution in [0.1, 0.15) is 51.6 Å². The van der Waals surface area contributed by atoms with E-state index in [-0.39, 0.29) is 22.7 Å². The minimum Gasteiger partial charge on any atom is -0.490 e. The van der Waals surface area contributed by atoms with Crippen LogP contribution in [-0.2, 0) is 11.2 Å². The number of methoxy groups -OCH3 is 1. The third kappa shape index (κ3) is 5.20. The van der Waals surface area contributed by atoms with Gasteiger partial charge in [-0.2, -0.15) is 0 Å². The van der Waals surface area contributed by atoms with Crippen LogP contribution in [0, 0.1) is 5.82 Å². The molecule has 2 aromatic carbocycles. The Morgan fingerprint density at radius 2 is 1.84 bits per heavy atom. The molecule has 3 aromatic rings. The monoisotopic (exact) mass is 439 g/mol. The lowest BCUT2D eigenvalue weighted by Crippen LogP contribution is -2.34. The Kier molecular flexibility index (Phi) is 7.72. The number of pyridine rings is 1. The standard InChI is InChI=1S/C24H26FN3O4/c1-4-5-10-32-22-20(24(30)31-3)13-19(23(29)28-26-2)18-12-16(14-27-21(18)22)11-15-6-8-17(25)9-7-15/h6-9,12-14,26H,4-5,10-11H2,1-3H3,(H,28,29). The zero-order valence-electron chi connectivity index (χ0n) is 18.3. The van der Waals surface area contributed by atoms with Crippen LogP contribution in [0.3, 0.4) is 0 Å². The molecule has 7 nitrogen and oxygen atoms in total. The predicted molar refractivity (Wildman–Crippen MR) is 119 cm³/mol. The van der Waals surface area contributed by atoms with Gasteiger partial charge >= 0.3 is 5.97 Å². The molecule has 0 unspecified atom stereocenters. The second-order valence-corrected chi connectivity index (χ2v) is 7.24. The van der Waals surface area contributed by atoms with Gasteiger partial charge in [0.25, 0.3) is 5.91 Å². The third-order valence-electron chi connectivity index (χ3n) is 4.94. The topological polar surface area (TPSA) is 89.5 Å². The van der Waals surface area contributed by atoms with Gasteiger partial charge in [-0.1, -0.05) is 25.5 Å². The summed E-state index contributed by atoms with van der Waals surface area (Å²) in [5, 5.41) is 0.538. The van der Waals surface area contributed by atoms with Crippen molar-refractivity contribution in [1.29, 1.82) is 0 Å². The average molecular weight is 439 g/mol. The number of rotatable bonds is 9. The molecule has 0 aliphatic carbocycles. The van der Waals surface area contributed by atoms with Crippen molar-refractivity contribution in [3.8, 4) is 5.75 Å². The quantitative estimate of drug-likeness (QED) is 0.300. The molecular weight excluding hydrogens is 413 g/mol. The molecule has 0 saturated heterocycles. The van der Waals surface area contributed by atoms with E-state index in [1.807, 2.05) is 13.0 Å². The Balaban J connectivity index is 2.16. The number of unbranched alkanes of at least 4 members (excludes halogenated alkanes) is 1. The van der Waals surface area contributed by atoms with Crippen molar-refractivity contribution in [1.82, 2.24) is 15.8 Å². The summed E-state index contributed by atoms with van der Waals surface area (Å²) in [4.78, 5) is 29.8. The van der Waals surface area contributed by atoms with E-state index in [1.165, 1.54) is 25.3 Å². The van der Waals surface area contributed by atoms with Gasteiger partial charge < -0.3 is 9.47 Å². The van der Waals surface area contributed by atoms with Gasteiger partial charge in [-0.25, -0.2) is 14.6 Å². The normalized spacial score (nSPS) is 10.8. The fourth-order valence-electron chi connectivity index (χ4n) is 3.34. The second-order valence-electron chi connectivity index (χ2n) is 7.24. The third-order valence-corrected chi connectivity index (χ3v) is 4.94. The van der Waals surface area contributed by atoms with Gasteiger partial charge in [-0.05, 0) is 48.2 Å². The molecule has 1 heterocycles. The van der Waals surface area contributed by atoms with Gasteiger partial charge in [-0.3, -0.25) is 15.2 Å².